The molecule has 0 N–H and O–H groups in total. The first-order valence-corrected chi connectivity index (χ1v) is 4.49. The molecule has 0 unspecified atom stereocenters. The van der Waals surface area contributed by atoms with Crippen molar-refractivity contribution in [2.24, 2.45) is 10.4 Å². The fourth-order valence-corrected chi connectivity index (χ4v) is 0.794. The van der Waals surface area contributed by atoms with Gasteiger partial charge in [-0.25, -0.2) is 0 Å². The van der Waals surface area contributed by atoms with Gasteiger partial charge < -0.3 is 9.80 Å². The molecule has 0 aliphatic carbocycles. The van der Waals surface area contributed by atoms with Gasteiger partial charge in [-0.05, 0) is 17.4 Å². The van der Waals surface area contributed by atoms with Gasteiger partial charge in [0.1, 0.15) is 0 Å². The first kappa shape index (κ1) is 18.6. The highest BCUT2D eigenvalue weighted by Crippen LogP contribution is 2.00. The zero-order valence-electron chi connectivity index (χ0n) is 9.63. The van der Waals surface area contributed by atoms with Crippen LogP contribution in [0.1, 0.15) is 6.92 Å². The molecule has 0 atom stereocenters. The van der Waals surface area contributed by atoms with Crippen LogP contribution < -0.4 is 0 Å². The standard InChI is InChI=1S/C6H12N2.2CF3N/c1-3-8-5-4-7(2)6-8;2*2-1(3)5-4/h4-5H,3,6H2,1-2H3;;. The van der Waals surface area contributed by atoms with Gasteiger partial charge >= 0.3 is 12.4 Å². The fraction of sp³-hybridized carbons (Fsp3) is 0.500. The Bertz CT molecular complexity index is 269. The lowest BCUT2D eigenvalue weighted by Crippen LogP contribution is -2.21. The lowest BCUT2D eigenvalue weighted by Gasteiger charge is -2.14. The van der Waals surface area contributed by atoms with Crippen LogP contribution in [0.25, 0.3) is 0 Å². The van der Waals surface area contributed by atoms with E-state index in [1.807, 2.05) is 0 Å². The summed E-state index contributed by atoms with van der Waals surface area (Å²) in [5, 5.41) is 1.94. The molecule has 1 heterocycles. The normalized spacial score (nSPS) is 12.0. The number of nitrogens with zero attached hydrogens (tertiary/aromatic N) is 4. The summed E-state index contributed by atoms with van der Waals surface area (Å²) < 4.78 is 60.5. The molecule has 18 heavy (non-hydrogen) atoms. The Morgan fingerprint density at radius 2 is 1.44 bits per heavy atom. The molecule has 0 saturated heterocycles. The Labute approximate surface area is 99.8 Å². The van der Waals surface area contributed by atoms with Crippen molar-refractivity contribution < 1.29 is 26.5 Å². The van der Waals surface area contributed by atoms with E-state index in [1.165, 1.54) is 0 Å². The summed E-state index contributed by atoms with van der Waals surface area (Å²) >= 11 is 0. The molecular weight excluding hydrogens is 266 g/mol. The smallest absolute Gasteiger partial charge is 0.362 e. The van der Waals surface area contributed by atoms with Crippen molar-refractivity contribution >= 4 is 12.4 Å². The summed E-state index contributed by atoms with van der Waals surface area (Å²) in [4.78, 5) is 4.41. The number of hydrogen-bond acceptors (Lipinski definition) is 4. The van der Waals surface area contributed by atoms with Crippen LogP contribution in [0.4, 0.5) is 26.5 Å². The molecule has 0 amide bonds. The molecule has 0 saturated carbocycles. The van der Waals surface area contributed by atoms with Gasteiger partial charge in [0.05, 0.1) is 6.67 Å². The second kappa shape index (κ2) is 11.7. The Kier molecular flexibility index (Phi) is 12.1. The first-order chi connectivity index (χ1) is 8.37. The zero-order valence-corrected chi connectivity index (χ0v) is 9.63. The van der Waals surface area contributed by atoms with E-state index in [2.05, 4.69) is 36.2 Å². The maximum atomic E-state index is 10.1. The van der Waals surface area contributed by atoms with Crippen LogP contribution in [0.3, 0.4) is 0 Å². The van der Waals surface area contributed by atoms with E-state index < -0.39 is 12.4 Å². The molecule has 0 spiro atoms. The van der Waals surface area contributed by atoms with Crippen LogP contribution in [0.15, 0.2) is 22.8 Å². The van der Waals surface area contributed by atoms with Crippen LogP contribution in [0, 0.1) is 0 Å². The topological polar surface area (TPSA) is 31.2 Å². The minimum absolute atomic E-state index is 0.972. The summed E-state index contributed by atoms with van der Waals surface area (Å²) in [5.41, 5.74) is 0. The van der Waals surface area contributed by atoms with Gasteiger partial charge in [0.25, 0.3) is 0 Å². The van der Waals surface area contributed by atoms with Crippen LogP contribution in [-0.2, 0) is 0 Å². The van der Waals surface area contributed by atoms with Crippen molar-refractivity contribution in [2.75, 3.05) is 20.3 Å². The van der Waals surface area contributed by atoms with E-state index in [-0.39, 0.29) is 0 Å². The second-order valence-corrected chi connectivity index (χ2v) is 2.75. The summed E-state index contributed by atoms with van der Waals surface area (Å²) in [6, 6.07) is 0. The van der Waals surface area contributed by atoms with E-state index in [1.54, 1.807) is 0 Å². The Morgan fingerprint density at radius 1 is 1.06 bits per heavy atom. The Morgan fingerprint density at radius 3 is 1.56 bits per heavy atom. The van der Waals surface area contributed by atoms with E-state index >= 15 is 0 Å². The Hall–Kier alpha value is -1.74. The molecule has 0 aromatic heterocycles. The average molecular weight is 278 g/mol. The molecule has 0 fully saturated rings. The molecule has 106 valence electrons. The number of halogens is 6. The van der Waals surface area contributed by atoms with E-state index in [0.29, 0.717) is 0 Å². The third-order valence-electron chi connectivity index (χ3n) is 1.47. The third-order valence-corrected chi connectivity index (χ3v) is 1.47. The SMILES string of the molecule is CCN1C=CN(C)C1.FN=C(F)F.FN=C(F)F. The lowest BCUT2D eigenvalue weighted by atomic mass is 10.6. The summed E-state index contributed by atoms with van der Waals surface area (Å²) in [6.45, 7) is 4.32. The monoisotopic (exact) mass is 278 g/mol. The quantitative estimate of drug-likeness (QED) is 0.545. The minimum Gasteiger partial charge on any atom is -0.362 e. The molecule has 0 aromatic rings. The Balaban J connectivity index is 0. The minimum atomic E-state index is -2.54. The predicted octanol–water partition coefficient (Wildman–Crippen LogP) is 3.01. The lowest BCUT2D eigenvalue weighted by molar-refractivity contribution is 0.308. The van der Waals surface area contributed by atoms with Gasteiger partial charge in [-0.1, -0.05) is 8.96 Å². The predicted molar refractivity (Wildman–Crippen MR) is 55.7 cm³/mol. The molecule has 0 radical (unpaired) electrons. The van der Waals surface area contributed by atoms with Crippen molar-refractivity contribution in [1.82, 2.24) is 9.80 Å². The summed E-state index contributed by atoms with van der Waals surface area (Å²) in [7, 11) is 2.08. The molecule has 10 heteroatoms. The van der Waals surface area contributed by atoms with Crippen molar-refractivity contribution in [3.05, 3.63) is 12.4 Å². The highest BCUT2D eigenvalue weighted by atomic mass is 19.3. The van der Waals surface area contributed by atoms with Gasteiger partial charge in [0.2, 0.25) is 0 Å². The molecule has 1 rings (SSSR count). The van der Waals surface area contributed by atoms with Crippen LogP contribution in [0.5, 0.6) is 0 Å². The first-order valence-electron chi connectivity index (χ1n) is 4.49. The van der Waals surface area contributed by atoms with Gasteiger partial charge in [0, 0.05) is 26.0 Å². The average Bonchev–Trinajstić information content (AvgIpc) is 2.76. The second-order valence-electron chi connectivity index (χ2n) is 2.75. The highest BCUT2D eigenvalue weighted by molar-refractivity contribution is 5.62. The summed E-state index contributed by atoms with van der Waals surface area (Å²) in [6.07, 6.45) is -0.876. The number of rotatable bonds is 1. The molecule has 0 aromatic carbocycles. The number of hydrogen-bond donors (Lipinski definition) is 0. The van der Waals surface area contributed by atoms with Crippen LogP contribution in [-0.4, -0.2) is 42.5 Å². The van der Waals surface area contributed by atoms with Crippen LogP contribution in [0.2, 0.25) is 0 Å². The molecule has 0 bridgehead atoms. The third kappa shape index (κ3) is 14.3. The van der Waals surface area contributed by atoms with E-state index in [0.717, 1.165) is 23.6 Å². The highest BCUT2D eigenvalue weighted by Gasteiger charge is 2.03. The van der Waals surface area contributed by atoms with E-state index in [4.69, 9.17) is 0 Å². The van der Waals surface area contributed by atoms with Crippen molar-refractivity contribution in [1.29, 1.82) is 0 Å². The van der Waals surface area contributed by atoms with Gasteiger partial charge in [0.15, 0.2) is 0 Å². The maximum absolute atomic E-state index is 10.1. The summed E-state index contributed by atoms with van der Waals surface area (Å²) in [5.74, 6) is 0. The maximum Gasteiger partial charge on any atom is 0.391 e. The zero-order chi connectivity index (χ0) is 14.6. The van der Waals surface area contributed by atoms with Gasteiger partial charge in [-0.15, -0.1) is 17.6 Å². The van der Waals surface area contributed by atoms with Gasteiger partial charge in [-0.2, -0.15) is 0 Å². The molecule has 1 aliphatic heterocycles. The van der Waals surface area contributed by atoms with Gasteiger partial charge in [-0.3, -0.25) is 0 Å². The molecule has 4 nitrogen and oxygen atoms in total. The van der Waals surface area contributed by atoms with Crippen molar-refractivity contribution in [3.63, 3.8) is 0 Å². The molecular formula is C8H12F6N4. The van der Waals surface area contributed by atoms with Crippen molar-refractivity contribution in [3.8, 4) is 0 Å². The molecule has 1 aliphatic rings. The van der Waals surface area contributed by atoms with Crippen LogP contribution >= 0.6 is 0 Å². The largest absolute Gasteiger partial charge is 0.391 e. The van der Waals surface area contributed by atoms with Crippen molar-refractivity contribution in [2.45, 2.75) is 6.92 Å². The van der Waals surface area contributed by atoms with E-state index in [9.17, 15) is 26.5 Å². The fourth-order valence-electron chi connectivity index (χ4n) is 0.794.